The molecular weight excluding hydrogens is 1690 g/mol. The van der Waals surface area contributed by atoms with E-state index >= 15 is 0 Å². The van der Waals surface area contributed by atoms with Gasteiger partial charge in [0.05, 0.1) is 72.7 Å². The molecular formula is C68H116N4O51. The summed E-state index contributed by atoms with van der Waals surface area (Å²) in [5, 5.41) is 328. The van der Waals surface area contributed by atoms with Gasteiger partial charge in [-0.2, -0.15) is 0 Å². The van der Waals surface area contributed by atoms with Crippen LogP contribution in [0.4, 0.5) is 0 Å². The van der Waals surface area contributed by atoms with Gasteiger partial charge in [0.1, 0.15) is 244 Å². The Balaban J connectivity index is 1.03. The van der Waals surface area contributed by atoms with Gasteiger partial charge >= 0.3 is 0 Å². The van der Waals surface area contributed by atoms with Gasteiger partial charge in [0.25, 0.3) is 0 Å². The van der Waals surface area contributed by atoms with Crippen LogP contribution in [0, 0.1) is 0 Å². The van der Waals surface area contributed by atoms with Crippen LogP contribution in [0.25, 0.3) is 0 Å². The van der Waals surface area contributed by atoms with E-state index in [9.17, 15) is 167 Å². The molecule has 714 valence electrons. The third kappa shape index (κ3) is 23.5. The standard InChI is InChI=1S/C68H116N4O51/c1-16(82)69-31-42(95)54(118-64-48(101)45(98)36(89)22(7-75)109-64)26(11-79)112-60(31)107-15-30-40(93)58(122-62-33(71-18(3)84)44(97)56(28(13-81)114-62)119-65-49(102)46(99)37(90)23(8-76)110-65)52(105)68(116-30)120-55-27(12-80)113-61(32(43(55)96)70-17(2)83)106-14-29-41(94)59(51(104)67(115-29)117-53(21(87)6-74)35(88)20(86)5-73)123-63-34(72-19(4)85)57(39(92)25(10-78)108-63)121-66-50(103)47(100)38(91)24(9-77)111-66/h20-68,73-81,86-105H,5-15H2,1-4H3,(H,69,82)(H,70,83)(H,71,84)(H,72,85)/t20-,21+,22+,23+,24+,25+,26+,27+,28+,29+,30+,31+,32+,33+,34+,35+,36-,37-,38-,39+,40-,41-,42+,43+,44+,45-,46-,47-,48+,49+,50+,51+,52+,53+,54+,55+,56+,57+,58-,59-,60+,61+,62-,63-,64-,65-,66-,67-,68-/m0/s1. The van der Waals surface area contributed by atoms with Gasteiger partial charge in [-0.05, 0) is 0 Å². The predicted molar refractivity (Wildman–Crippen MR) is 378 cm³/mol. The molecule has 9 aliphatic rings. The Kier molecular flexibility index (Phi) is 38.2. The predicted octanol–water partition coefficient (Wildman–Crippen LogP) is -22.6. The number of carbonyl (C=O) groups excluding carboxylic acids is 4. The van der Waals surface area contributed by atoms with Gasteiger partial charge in [0.2, 0.25) is 23.6 Å². The van der Waals surface area contributed by atoms with Gasteiger partial charge in [-0.3, -0.25) is 19.2 Å². The van der Waals surface area contributed by atoms with Crippen LogP contribution in [0.5, 0.6) is 0 Å². The van der Waals surface area contributed by atoms with Gasteiger partial charge in [-0.15, -0.1) is 0 Å². The molecule has 9 rings (SSSR count). The van der Waals surface area contributed by atoms with Gasteiger partial charge in [0, 0.05) is 27.7 Å². The van der Waals surface area contributed by atoms with Crippen molar-refractivity contribution in [2.24, 2.45) is 0 Å². The van der Waals surface area contributed by atoms with Crippen LogP contribution in [-0.4, -0.2) is 545 Å². The Morgan fingerprint density at radius 1 is 0.260 bits per heavy atom. The fourth-order valence-electron chi connectivity index (χ4n) is 15.5. The van der Waals surface area contributed by atoms with E-state index in [1.54, 1.807) is 0 Å². The monoisotopic (exact) mass is 1800 g/mol. The third-order valence-electron chi connectivity index (χ3n) is 22.1. The summed E-state index contributed by atoms with van der Waals surface area (Å²) in [4.78, 5) is 52.2. The topological polar surface area (TPSA) is 869 Å². The Morgan fingerprint density at radius 3 is 0.854 bits per heavy atom. The van der Waals surface area contributed by atoms with E-state index in [0.717, 1.165) is 27.7 Å². The van der Waals surface area contributed by atoms with Gasteiger partial charge in [-0.1, -0.05) is 0 Å². The van der Waals surface area contributed by atoms with Crippen LogP contribution in [0.15, 0.2) is 0 Å². The summed E-state index contributed by atoms with van der Waals surface area (Å²) in [5.74, 6) is -3.89. The van der Waals surface area contributed by atoms with E-state index in [2.05, 4.69) is 21.3 Å². The minimum atomic E-state index is -2.53. The lowest BCUT2D eigenvalue weighted by molar-refractivity contribution is -0.384. The van der Waals surface area contributed by atoms with Gasteiger partial charge < -0.3 is 255 Å². The molecule has 0 aromatic heterocycles. The fraction of sp³-hybridized carbons (Fsp3) is 0.941. The van der Waals surface area contributed by atoms with Crippen molar-refractivity contribution >= 4 is 23.6 Å². The average Bonchev–Trinajstić information content (AvgIpc) is 0.763. The average molecular weight is 1810 g/mol. The van der Waals surface area contributed by atoms with Crippen molar-refractivity contribution in [1.82, 2.24) is 21.3 Å². The number of ether oxygens (including phenoxy) is 18. The molecule has 0 unspecified atom stereocenters. The number of aliphatic hydroxyl groups is 29. The maximum atomic E-state index is 13.3. The van der Waals surface area contributed by atoms with Crippen molar-refractivity contribution in [3.8, 4) is 0 Å². The largest absolute Gasteiger partial charge is 0.394 e. The molecule has 0 aromatic carbocycles. The molecule has 0 aromatic rings. The smallest absolute Gasteiger partial charge is 0.217 e. The lowest BCUT2D eigenvalue weighted by Crippen LogP contribution is -2.70. The van der Waals surface area contributed by atoms with E-state index in [1.165, 1.54) is 0 Å². The number of nitrogens with one attached hydrogen (secondary N) is 4. The van der Waals surface area contributed by atoms with E-state index in [-0.39, 0.29) is 0 Å². The second-order valence-corrected chi connectivity index (χ2v) is 30.8. The Hall–Kier alpha value is -4.00. The summed E-state index contributed by atoms with van der Waals surface area (Å²) >= 11 is 0. The molecule has 123 heavy (non-hydrogen) atoms. The molecule has 49 atom stereocenters. The minimum Gasteiger partial charge on any atom is -0.394 e. The van der Waals surface area contributed by atoms with E-state index in [0.29, 0.717) is 0 Å². The molecule has 4 amide bonds. The van der Waals surface area contributed by atoms with Crippen LogP contribution in [0.1, 0.15) is 27.7 Å². The zero-order chi connectivity index (χ0) is 90.9. The van der Waals surface area contributed by atoms with Crippen LogP contribution >= 0.6 is 0 Å². The zero-order valence-electron chi connectivity index (χ0n) is 66.0. The number of hydrogen-bond acceptors (Lipinski definition) is 51. The van der Waals surface area contributed by atoms with Crippen molar-refractivity contribution < 1.29 is 253 Å². The molecule has 0 radical (unpaired) electrons. The highest BCUT2D eigenvalue weighted by Gasteiger charge is 2.61. The maximum absolute atomic E-state index is 13.3. The van der Waals surface area contributed by atoms with Crippen molar-refractivity contribution in [2.45, 2.75) is 328 Å². The minimum absolute atomic E-state index is 0.894. The number of hydrogen-bond donors (Lipinski definition) is 33. The molecule has 0 spiro atoms. The quantitative estimate of drug-likeness (QED) is 0.0277. The van der Waals surface area contributed by atoms with E-state index in [1.807, 2.05) is 0 Å². The molecule has 9 heterocycles. The Morgan fingerprint density at radius 2 is 0.512 bits per heavy atom. The lowest BCUT2D eigenvalue weighted by atomic mass is 9.94. The SMILES string of the molecule is CC(=O)N[C@H]1[C@H](OC[C@H]2O[C@@H](O[C@H]3[C@H](O)[C@@H](NC(C)=O)[C@H](OC[C@H]4O[C@@H](O[C@@H]([C@H](O)[C@@H](O)CO)[C@H](O)CO)[C@H](O)[C@@H](O[C@@H]5O[C@H](CO)[C@@H](O)[C@H](O[C@@H]6O[C@H](CO)[C@H](O)[C@H](O)[C@H]6O)[C@H]5NC(C)=O)[C@H]4O)O[C@@H]3CO)[C@H](O)[C@@H](O[C@@H]3O[C@H](CO)[C@@H](O[C@@H]4O[C@H](CO)[C@H](O)[C@H](O)[C@H]4O)[C@H](O)[C@H]3NC(C)=O)[C@H]2O)O[C@H](CO)[C@@H](O[C@@H]2O[C@H](CO)[C@H](O)[C@H](O)[C@H]2O)[C@@H]1O. The molecule has 9 aliphatic heterocycles. The normalized spacial score (nSPS) is 46.7. The third-order valence-corrected chi connectivity index (χ3v) is 22.1. The maximum Gasteiger partial charge on any atom is 0.217 e. The van der Waals surface area contributed by atoms with Crippen molar-refractivity contribution in [2.75, 3.05) is 72.7 Å². The summed E-state index contributed by atoms with van der Waals surface area (Å²) in [6.45, 7) is -8.73. The number of aliphatic hydroxyl groups excluding tert-OH is 29. The van der Waals surface area contributed by atoms with E-state index in [4.69, 9.17) is 85.3 Å². The second kappa shape index (κ2) is 45.7. The highest BCUT2D eigenvalue weighted by molar-refractivity contribution is 5.74. The van der Waals surface area contributed by atoms with Crippen molar-refractivity contribution in [3.63, 3.8) is 0 Å². The molecule has 0 saturated carbocycles. The fourth-order valence-corrected chi connectivity index (χ4v) is 15.5. The molecule has 9 fully saturated rings. The highest BCUT2D eigenvalue weighted by atomic mass is 16.8. The van der Waals surface area contributed by atoms with E-state index < -0.39 is 397 Å². The first kappa shape index (κ1) is 103. The molecule has 55 heteroatoms. The molecule has 0 aliphatic carbocycles. The zero-order valence-corrected chi connectivity index (χ0v) is 66.0. The van der Waals surface area contributed by atoms with Crippen LogP contribution in [0.2, 0.25) is 0 Å². The number of carbonyl (C=O) groups is 4. The van der Waals surface area contributed by atoms with Gasteiger partial charge in [-0.25, -0.2) is 0 Å². The first-order chi connectivity index (χ1) is 58.2. The number of rotatable bonds is 36. The Labute approximate surface area is 696 Å². The summed E-state index contributed by atoms with van der Waals surface area (Å²) in [6.07, 6.45) is -94.9. The second-order valence-electron chi connectivity index (χ2n) is 30.8. The summed E-state index contributed by atoms with van der Waals surface area (Å²) in [7, 11) is 0. The van der Waals surface area contributed by atoms with Crippen LogP contribution in [0.3, 0.4) is 0 Å². The highest BCUT2D eigenvalue weighted by Crippen LogP contribution is 2.40. The molecule has 0 bridgehead atoms. The lowest BCUT2D eigenvalue weighted by Gasteiger charge is -2.51. The molecule has 55 nitrogen and oxygen atoms in total. The Bertz CT molecular complexity index is 3250. The first-order valence-corrected chi connectivity index (χ1v) is 39.1. The number of amides is 4. The van der Waals surface area contributed by atoms with Crippen molar-refractivity contribution in [1.29, 1.82) is 0 Å². The van der Waals surface area contributed by atoms with Crippen LogP contribution < -0.4 is 21.3 Å². The molecule has 33 N–H and O–H groups in total. The molecule has 9 saturated heterocycles. The van der Waals surface area contributed by atoms with Gasteiger partial charge in [0.15, 0.2) is 56.6 Å². The first-order valence-electron chi connectivity index (χ1n) is 39.1. The van der Waals surface area contributed by atoms with Crippen molar-refractivity contribution in [3.05, 3.63) is 0 Å². The summed E-state index contributed by atoms with van der Waals surface area (Å²) in [5.41, 5.74) is 0. The summed E-state index contributed by atoms with van der Waals surface area (Å²) in [6, 6.07) is -7.80. The van der Waals surface area contributed by atoms with Crippen LogP contribution in [-0.2, 0) is 104 Å². The summed E-state index contributed by atoms with van der Waals surface area (Å²) < 4.78 is 106.